The zero-order valence-electron chi connectivity index (χ0n) is 17.5. The van der Waals surface area contributed by atoms with Crippen LogP contribution in [0.25, 0.3) is 0 Å². The minimum absolute atomic E-state index is 0.0271. The molecule has 4 heterocycles. The molecule has 3 aliphatic heterocycles. The van der Waals surface area contributed by atoms with Crippen LogP contribution < -0.4 is 0 Å². The lowest BCUT2D eigenvalue weighted by Gasteiger charge is -2.42. The molecule has 5 rings (SSSR count). The molecule has 1 aromatic carbocycles. The van der Waals surface area contributed by atoms with Gasteiger partial charge >= 0.3 is 0 Å². The number of rotatable bonds is 5. The molecule has 0 saturated carbocycles. The predicted molar refractivity (Wildman–Crippen MR) is 114 cm³/mol. The summed E-state index contributed by atoms with van der Waals surface area (Å²) in [4.78, 5) is 20.3. The van der Waals surface area contributed by atoms with Crippen LogP contribution in [-0.4, -0.2) is 62.9 Å². The number of nitrogens with zero attached hydrogens (tertiary/aromatic N) is 4. The van der Waals surface area contributed by atoms with Crippen molar-refractivity contribution >= 4 is 17.7 Å². The van der Waals surface area contributed by atoms with Crippen LogP contribution in [-0.2, 0) is 22.3 Å². The van der Waals surface area contributed by atoms with Crippen LogP contribution in [0.1, 0.15) is 54.5 Å². The first-order valence-electron chi connectivity index (χ1n) is 10.9. The summed E-state index contributed by atoms with van der Waals surface area (Å²) in [6, 6.07) is 8.67. The van der Waals surface area contributed by atoms with Crippen molar-refractivity contribution in [2.24, 2.45) is 0 Å². The second kappa shape index (κ2) is 8.07. The second-order valence-electron chi connectivity index (χ2n) is 8.14. The van der Waals surface area contributed by atoms with Crippen molar-refractivity contribution in [3.8, 4) is 0 Å². The summed E-state index contributed by atoms with van der Waals surface area (Å²) < 4.78 is 13.3. The van der Waals surface area contributed by atoms with E-state index < -0.39 is 5.79 Å². The van der Waals surface area contributed by atoms with E-state index >= 15 is 0 Å². The van der Waals surface area contributed by atoms with Crippen molar-refractivity contribution in [1.29, 1.82) is 0 Å². The highest BCUT2D eigenvalue weighted by molar-refractivity contribution is 8.00. The third-order valence-electron chi connectivity index (χ3n) is 6.41. The van der Waals surface area contributed by atoms with Gasteiger partial charge in [-0.3, -0.25) is 9.69 Å². The molecule has 7 nitrogen and oxygen atoms in total. The van der Waals surface area contributed by atoms with E-state index in [-0.39, 0.29) is 17.2 Å². The van der Waals surface area contributed by atoms with Gasteiger partial charge < -0.3 is 9.47 Å². The molecule has 1 spiro atoms. The van der Waals surface area contributed by atoms with E-state index in [9.17, 15) is 4.79 Å². The van der Waals surface area contributed by atoms with E-state index in [1.165, 1.54) is 15.8 Å². The van der Waals surface area contributed by atoms with Crippen LogP contribution in [0, 0.1) is 0 Å². The Kier molecular flexibility index (Phi) is 5.43. The quantitative estimate of drug-likeness (QED) is 0.725. The topological polar surface area (TPSA) is 69.5 Å². The van der Waals surface area contributed by atoms with Gasteiger partial charge in [-0.2, -0.15) is 4.68 Å². The van der Waals surface area contributed by atoms with Gasteiger partial charge in [0.15, 0.2) is 16.8 Å². The third-order valence-corrected chi connectivity index (χ3v) is 7.59. The standard InChI is InChI=1S/C22H28N4O3S/c1-3-15-5-7-16(8-6-15)18(25-11-9-22(10-12-25)28-13-14-29-22)19-20(27)26-21(30-19)23-17(4-2)24-26/h5-8,18-19H,3-4,9-14H2,1-2H3. The van der Waals surface area contributed by atoms with Crippen molar-refractivity contribution in [3.63, 3.8) is 0 Å². The van der Waals surface area contributed by atoms with Crippen LogP contribution in [0.2, 0.25) is 0 Å². The molecule has 2 unspecified atom stereocenters. The van der Waals surface area contributed by atoms with Gasteiger partial charge in [0.1, 0.15) is 5.25 Å². The number of hydrogen-bond acceptors (Lipinski definition) is 7. The fourth-order valence-corrected chi connectivity index (χ4v) is 5.92. The van der Waals surface area contributed by atoms with Gasteiger partial charge in [0.05, 0.1) is 19.3 Å². The molecule has 2 saturated heterocycles. The fraction of sp³-hybridized carbons (Fsp3) is 0.591. The molecule has 0 amide bonds. The maximum atomic E-state index is 13.3. The molecule has 0 aliphatic carbocycles. The lowest BCUT2D eigenvalue weighted by molar-refractivity contribution is -0.187. The zero-order chi connectivity index (χ0) is 20.7. The Hall–Kier alpha value is -1.74. The minimum Gasteiger partial charge on any atom is -0.347 e. The van der Waals surface area contributed by atoms with Gasteiger partial charge in [0, 0.05) is 32.4 Å². The highest BCUT2D eigenvalue weighted by Gasteiger charge is 2.47. The number of piperidine rings is 1. The molecule has 30 heavy (non-hydrogen) atoms. The predicted octanol–water partition coefficient (Wildman–Crippen LogP) is 3.10. The van der Waals surface area contributed by atoms with E-state index in [0.29, 0.717) is 18.4 Å². The van der Waals surface area contributed by atoms with Gasteiger partial charge in [-0.25, -0.2) is 4.98 Å². The van der Waals surface area contributed by atoms with Crippen molar-refractivity contribution in [2.75, 3.05) is 26.3 Å². The molecule has 0 N–H and O–H groups in total. The average Bonchev–Trinajstić information content (AvgIpc) is 3.48. The monoisotopic (exact) mass is 428 g/mol. The van der Waals surface area contributed by atoms with E-state index in [1.54, 1.807) is 11.8 Å². The molecule has 3 aliphatic rings. The summed E-state index contributed by atoms with van der Waals surface area (Å²) in [6.45, 7) is 7.18. The SMILES string of the molecule is CCc1ccc(C(C2Sc3nc(CC)nn3C2=O)N2CCC3(CC2)OCCO3)cc1. The number of hydrogen-bond donors (Lipinski definition) is 0. The largest absolute Gasteiger partial charge is 0.347 e. The van der Waals surface area contributed by atoms with Gasteiger partial charge in [0.25, 0.3) is 5.91 Å². The summed E-state index contributed by atoms with van der Waals surface area (Å²) in [5, 5.41) is 4.89. The number of likely N-dealkylation sites (tertiary alicyclic amines) is 1. The van der Waals surface area contributed by atoms with Crippen molar-refractivity contribution in [1.82, 2.24) is 19.7 Å². The van der Waals surface area contributed by atoms with Crippen LogP contribution in [0.4, 0.5) is 0 Å². The zero-order valence-corrected chi connectivity index (χ0v) is 18.4. The molecule has 1 aromatic heterocycles. The Bertz CT molecular complexity index is 913. The molecule has 2 fully saturated rings. The number of carbonyl (C=O) groups excluding carboxylic acids is 1. The summed E-state index contributed by atoms with van der Waals surface area (Å²) in [7, 11) is 0. The summed E-state index contributed by atoms with van der Waals surface area (Å²) in [5.41, 5.74) is 2.47. The lowest BCUT2D eigenvalue weighted by Crippen LogP contribution is -2.49. The normalized spacial score (nSPS) is 24.5. The molecule has 160 valence electrons. The first-order chi connectivity index (χ1) is 14.6. The van der Waals surface area contributed by atoms with Gasteiger partial charge in [-0.15, -0.1) is 5.10 Å². The number of aromatic nitrogens is 3. The van der Waals surface area contributed by atoms with Crippen LogP contribution in [0.15, 0.2) is 29.4 Å². The summed E-state index contributed by atoms with van der Waals surface area (Å²) in [6.07, 6.45) is 3.38. The summed E-state index contributed by atoms with van der Waals surface area (Å²) in [5.74, 6) is 0.327. The fourth-order valence-electron chi connectivity index (χ4n) is 4.65. The molecule has 2 atom stereocenters. The Labute approximate surface area is 181 Å². The van der Waals surface area contributed by atoms with E-state index in [4.69, 9.17) is 9.47 Å². The Balaban J connectivity index is 1.43. The third kappa shape index (κ3) is 3.49. The van der Waals surface area contributed by atoms with Crippen molar-refractivity contribution < 1.29 is 14.3 Å². The molecular formula is C22H28N4O3S. The van der Waals surface area contributed by atoms with E-state index in [1.807, 2.05) is 6.92 Å². The second-order valence-corrected chi connectivity index (χ2v) is 9.24. The highest BCUT2D eigenvalue weighted by atomic mass is 32.2. The van der Waals surface area contributed by atoms with Crippen molar-refractivity contribution in [3.05, 3.63) is 41.2 Å². The summed E-state index contributed by atoms with van der Waals surface area (Å²) >= 11 is 1.55. The molecule has 8 heteroatoms. The number of aryl methyl sites for hydroxylation is 2. The number of benzene rings is 1. The first-order valence-corrected chi connectivity index (χ1v) is 11.8. The number of thioether (sulfide) groups is 1. The average molecular weight is 429 g/mol. The highest BCUT2D eigenvalue weighted by Crippen LogP contribution is 2.43. The van der Waals surface area contributed by atoms with Crippen LogP contribution in [0.3, 0.4) is 0 Å². The van der Waals surface area contributed by atoms with E-state index in [0.717, 1.165) is 44.6 Å². The maximum Gasteiger partial charge on any atom is 0.264 e. The lowest BCUT2D eigenvalue weighted by atomic mass is 9.95. The number of carbonyl (C=O) groups is 1. The van der Waals surface area contributed by atoms with Gasteiger partial charge in [-0.1, -0.05) is 49.9 Å². The molecule has 0 bridgehead atoms. The first kappa shape index (κ1) is 20.2. The maximum absolute atomic E-state index is 13.3. The Morgan fingerprint density at radius 3 is 2.43 bits per heavy atom. The van der Waals surface area contributed by atoms with Crippen LogP contribution in [0.5, 0.6) is 0 Å². The smallest absolute Gasteiger partial charge is 0.264 e. The van der Waals surface area contributed by atoms with E-state index in [2.05, 4.69) is 46.2 Å². The van der Waals surface area contributed by atoms with Crippen LogP contribution >= 0.6 is 11.8 Å². The Morgan fingerprint density at radius 1 is 1.13 bits per heavy atom. The molecular weight excluding hydrogens is 400 g/mol. The minimum atomic E-state index is -0.426. The molecule has 2 aromatic rings. The van der Waals surface area contributed by atoms with Gasteiger partial charge in [0.2, 0.25) is 0 Å². The van der Waals surface area contributed by atoms with Gasteiger partial charge in [-0.05, 0) is 17.5 Å². The number of ether oxygens (including phenoxy) is 2. The Morgan fingerprint density at radius 2 is 1.83 bits per heavy atom. The molecule has 0 radical (unpaired) electrons. The van der Waals surface area contributed by atoms with Crippen molar-refractivity contribution in [2.45, 2.75) is 61.8 Å². The number of fused-ring (bicyclic) bond motifs is 1.